The first-order valence-electron chi connectivity index (χ1n) is 15.3. The molecule has 46 heavy (non-hydrogen) atoms. The van der Waals surface area contributed by atoms with Crippen molar-refractivity contribution >= 4 is 21.9 Å². The van der Waals surface area contributed by atoms with E-state index >= 15 is 0 Å². The van der Waals surface area contributed by atoms with Crippen molar-refractivity contribution in [1.29, 1.82) is 0 Å². The van der Waals surface area contributed by atoms with Gasteiger partial charge < -0.3 is 20.7 Å². The first kappa shape index (κ1) is 36.8. The number of carbonyl (C=O) groups is 2. The van der Waals surface area contributed by atoms with Crippen LogP contribution in [-0.4, -0.2) is 75.4 Å². The Balaban J connectivity index is 1.84. The molecule has 0 aliphatic carbocycles. The lowest BCUT2D eigenvalue weighted by Crippen LogP contribution is -2.46. The molecule has 9 nitrogen and oxygen atoms in total. The molecule has 12 heteroatoms. The minimum Gasteiger partial charge on any atom is -0.456 e. The first-order chi connectivity index (χ1) is 21.7. The summed E-state index contributed by atoms with van der Waals surface area (Å²) in [6.45, 7) is 7.22. The number of nitrogens with one attached hydrogen (secondary N) is 1. The zero-order chi connectivity index (χ0) is 34.0. The molecule has 0 spiro atoms. The molecule has 0 radical (unpaired) electrons. The van der Waals surface area contributed by atoms with Crippen LogP contribution >= 0.6 is 0 Å². The van der Waals surface area contributed by atoms with Crippen molar-refractivity contribution in [3.63, 3.8) is 0 Å². The van der Waals surface area contributed by atoms with Gasteiger partial charge in [-0.05, 0) is 85.3 Å². The topological polar surface area (TPSA) is 122 Å². The van der Waals surface area contributed by atoms with Gasteiger partial charge in [0.05, 0.1) is 10.5 Å². The molecule has 250 valence electrons. The molecule has 0 bridgehead atoms. The van der Waals surface area contributed by atoms with Crippen molar-refractivity contribution in [3.05, 3.63) is 100 Å². The fourth-order valence-electron chi connectivity index (χ4n) is 5.07. The summed E-state index contributed by atoms with van der Waals surface area (Å²) in [4.78, 5) is 28.7. The van der Waals surface area contributed by atoms with Crippen molar-refractivity contribution in [2.24, 2.45) is 5.73 Å². The summed E-state index contributed by atoms with van der Waals surface area (Å²) in [5, 5.41) is 3.17. The third kappa shape index (κ3) is 10.1. The van der Waals surface area contributed by atoms with Crippen LogP contribution in [-0.2, 0) is 27.7 Å². The van der Waals surface area contributed by atoms with E-state index in [1.807, 2.05) is 13.8 Å². The summed E-state index contributed by atoms with van der Waals surface area (Å²) in [7, 11) is -0.742. The fraction of sp³-hybridized carbons (Fsp3) is 0.412. The van der Waals surface area contributed by atoms with Crippen LogP contribution in [0, 0.1) is 18.6 Å². The van der Waals surface area contributed by atoms with E-state index in [1.165, 1.54) is 38.4 Å². The van der Waals surface area contributed by atoms with Gasteiger partial charge in [-0.1, -0.05) is 26.0 Å². The molecule has 0 fully saturated rings. The highest BCUT2D eigenvalue weighted by Crippen LogP contribution is 2.18. The smallest absolute Gasteiger partial charge is 0.338 e. The predicted molar refractivity (Wildman–Crippen MR) is 174 cm³/mol. The lowest BCUT2D eigenvalue weighted by molar-refractivity contribution is 0.0238. The average Bonchev–Trinajstić information content (AvgIpc) is 2.99. The fourth-order valence-corrected chi connectivity index (χ4v) is 6.04. The van der Waals surface area contributed by atoms with Crippen LogP contribution in [0.2, 0.25) is 0 Å². The number of nitrogens with zero attached hydrogens (tertiary/aromatic N) is 2. The molecule has 3 aromatic carbocycles. The largest absolute Gasteiger partial charge is 0.456 e. The normalized spacial score (nSPS) is 13.0. The van der Waals surface area contributed by atoms with Crippen LogP contribution in [0.1, 0.15) is 64.1 Å². The third-order valence-corrected chi connectivity index (χ3v) is 9.13. The maximum Gasteiger partial charge on any atom is 0.338 e. The Hall–Kier alpha value is -3.71. The lowest BCUT2D eigenvalue weighted by Gasteiger charge is -2.25. The van der Waals surface area contributed by atoms with Gasteiger partial charge >= 0.3 is 5.97 Å². The van der Waals surface area contributed by atoms with Gasteiger partial charge in [0, 0.05) is 57.9 Å². The standard InChI is InChI=1S/C34H44F2N4O5S/c1-6-11-40(12-7-2)33(41)26-13-23(3)14-27(19-26)34(42)45-32(31(37)18-25-15-28(35)20-29(36)16-25)22-38-21-24-9-8-10-30(17-24)46(43,44)39(4)5/h8-10,13-17,19-20,31-32,38H,6-7,11-12,18,21-22,37H2,1-5H3/t31-,32+/m1/s1. The predicted octanol–water partition coefficient (Wildman–Crippen LogP) is 4.67. The minimum atomic E-state index is -3.64. The number of rotatable bonds is 16. The van der Waals surface area contributed by atoms with Crippen LogP contribution < -0.4 is 11.1 Å². The Labute approximate surface area is 270 Å². The van der Waals surface area contributed by atoms with E-state index in [-0.39, 0.29) is 35.9 Å². The number of hydrogen-bond acceptors (Lipinski definition) is 7. The molecule has 3 rings (SSSR count). The number of aryl methyl sites for hydroxylation is 1. The van der Waals surface area contributed by atoms with Crippen LogP contribution in [0.25, 0.3) is 0 Å². The zero-order valence-electron chi connectivity index (χ0n) is 27.1. The van der Waals surface area contributed by atoms with Crippen molar-refractivity contribution < 1.29 is 31.5 Å². The SMILES string of the molecule is CCCN(CCC)C(=O)c1cc(C)cc(C(=O)O[C@@H](CNCc2cccc(S(=O)(=O)N(C)C)c2)[C@H](N)Cc2cc(F)cc(F)c2)c1. The van der Waals surface area contributed by atoms with E-state index in [0.29, 0.717) is 35.3 Å². The number of halogens is 2. The quantitative estimate of drug-likeness (QED) is 0.215. The Kier molecular flexibility index (Phi) is 13.4. The second-order valence-corrected chi connectivity index (χ2v) is 13.7. The van der Waals surface area contributed by atoms with Crippen LogP contribution in [0.5, 0.6) is 0 Å². The lowest BCUT2D eigenvalue weighted by atomic mass is 10.0. The highest BCUT2D eigenvalue weighted by atomic mass is 32.2. The van der Waals surface area contributed by atoms with Gasteiger partial charge in [-0.3, -0.25) is 4.79 Å². The molecule has 2 atom stereocenters. The average molecular weight is 659 g/mol. The molecule has 0 aliphatic rings. The number of hydrogen-bond donors (Lipinski definition) is 2. The van der Waals surface area contributed by atoms with Crippen molar-refractivity contribution in [3.8, 4) is 0 Å². The highest BCUT2D eigenvalue weighted by molar-refractivity contribution is 7.89. The maximum atomic E-state index is 13.9. The minimum absolute atomic E-state index is 0.00538. The van der Waals surface area contributed by atoms with Crippen molar-refractivity contribution in [1.82, 2.24) is 14.5 Å². The van der Waals surface area contributed by atoms with E-state index in [9.17, 15) is 26.8 Å². The van der Waals surface area contributed by atoms with E-state index < -0.39 is 39.8 Å². The van der Waals surface area contributed by atoms with Gasteiger partial charge in [0.25, 0.3) is 5.91 Å². The molecule has 0 unspecified atom stereocenters. The Morgan fingerprint density at radius 3 is 2.15 bits per heavy atom. The maximum absolute atomic E-state index is 13.9. The second-order valence-electron chi connectivity index (χ2n) is 11.5. The monoisotopic (exact) mass is 658 g/mol. The molecule has 0 aromatic heterocycles. The van der Waals surface area contributed by atoms with Crippen molar-refractivity contribution in [2.45, 2.75) is 63.6 Å². The molecule has 0 saturated carbocycles. The van der Waals surface area contributed by atoms with E-state index in [1.54, 1.807) is 42.2 Å². The molecular weight excluding hydrogens is 614 g/mol. The van der Waals surface area contributed by atoms with Gasteiger partial charge in [-0.25, -0.2) is 26.3 Å². The summed E-state index contributed by atoms with van der Waals surface area (Å²) < 4.78 is 60.0. The molecular formula is C34H44F2N4O5S. The number of carbonyl (C=O) groups excluding carboxylic acids is 2. The summed E-state index contributed by atoms with van der Waals surface area (Å²) in [6, 6.07) is 13.5. The van der Waals surface area contributed by atoms with Crippen LogP contribution in [0.4, 0.5) is 8.78 Å². The number of amides is 1. The summed E-state index contributed by atoms with van der Waals surface area (Å²) in [5.74, 6) is -2.39. The van der Waals surface area contributed by atoms with Gasteiger partial charge in [-0.2, -0.15) is 0 Å². The number of sulfonamides is 1. The third-order valence-electron chi connectivity index (χ3n) is 7.32. The Bertz CT molecular complexity index is 1590. The summed E-state index contributed by atoms with van der Waals surface area (Å²) in [5.41, 5.74) is 8.68. The van der Waals surface area contributed by atoms with E-state index in [0.717, 1.165) is 23.2 Å². The van der Waals surface area contributed by atoms with E-state index in [2.05, 4.69) is 5.32 Å². The summed E-state index contributed by atoms with van der Waals surface area (Å²) in [6.07, 6.45) is 0.642. The van der Waals surface area contributed by atoms with Gasteiger partial charge in [0.2, 0.25) is 10.0 Å². The highest BCUT2D eigenvalue weighted by Gasteiger charge is 2.25. The van der Waals surface area contributed by atoms with E-state index in [4.69, 9.17) is 10.5 Å². The van der Waals surface area contributed by atoms with Gasteiger partial charge in [0.15, 0.2) is 0 Å². The molecule has 1 amide bonds. The zero-order valence-corrected chi connectivity index (χ0v) is 27.9. The van der Waals surface area contributed by atoms with Crippen LogP contribution in [0.15, 0.2) is 65.6 Å². The number of ether oxygens (including phenoxy) is 1. The number of esters is 1. The Morgan fingerprint density at radius 1 is 0.913 bits per heavy atom. The molecule has 0 saturated heterocycles. The second kappa shape index (κ2) is 16.7. The number of nitrogens with two attached hydrogens (primary N) is 1. The molecule has 0 heterocycles. The van der Waals surface area contributed by atoms with Crippen molar-refractivity contribution in [2.75, 3.05) is 33.7 Å². The molecule has 3 N–H and O–H groups in total. The Morgan fingerprint density at radius 2 is 1.54 bits per heavy atom. The summed E-state index contributed by atoms with van der Waals surface area (Å²) >= 11 is 0. The molecule has 3 aromatic rings. The van der Waals surface area contributed by atoms with Gasteiger partial charge in [0.1, 0.15) is 17.7 Å². The number of benzene rings is 3. The molecule has 0 aliphatic heterocycles. The van der Waals surface area contributed by atoms with Crippen LogP contribution in [0.3, 0.4) is 0 Å². The van der Waals surface area contributed by atoms with Gasteiger partial charge in [-0.15, -0.1) is 0 Å². The first-order valence-corrected chi connectivity index (χ1v) is 16.7.